The molecule has 0 atom stereocenters. The van der Waals surface area contributed by atoms with Gasteiger partial charge in [-0.05, 0) is 12.1 Å². The molecule has 1 aromatic rings. The van der Waals surface area contributed by atoms with Crippen molar-refractivity contribution in [3.05, 3.63) is 29.3 Å². The van der Waals surface area contributed by atoms with E-state index in [0.29, 0.717) is 6.07 Å². The van der Waals surface area contributed by atoms with Crippen LogP contribution in [-0.4, -0.2) is 8.42 Å². The maximum absolute atomic E-state index is 13.0. The summed E-state index contributed by atoms with van der Waals surface area (Å²) in [6.07, 6.45) is 0. The van der Waals surface area contributed by atoms with Crippen LogP contribution in [0.1, 0.15) is 5.56 Å². The highest BCUT2D eigenvalue weighted by atomic mass is 32.2. The molecule has 0 spiro atoms. The van der Waals surface area contributed by atoms with Gasteiger partial charge in [-0.1, -0.05) is 0 Å². The highest BCUT2D eigenvalue weighted by molar-refractivity contribution is 7.89. The van der Waals surface area contributed by atoms with Crippen LogP contribution in [0.15, 0.2) is 17.0 Å². The number of sulfonamides is 1. The molecule has 0 saturated heterocycles. The summed E-state index contributed by atoms with van der Waals surface area (Å²) in [5, 5.41) is 13.1. The van der Waals surface area contributed by atoms with Crippen molar-refractivity contribution in [1.82, 2.24) is 0 Å². The number of primary sulfonamides is 1. The Morgan fingerprint density at radius 2 is 1.93 bits per heavy atom. The second-order valence-electron chi connectivity index (χ2n) is 2.39. The lowest BCUT2D eigenvalue weighted by atomic mass is 10.2. The van der Waals surface area contributed by atoms with E-state index < -0.39 is 32.1 Å². The zero-order valence-electron chi connectivity index (χ0n) is 6.66. The third-order valence-corrected chi connectivity index (χ3v) is 2.42. The van der Waals surface area contributed by atoms with Crippen molar-refractivity contribution in [3.8, 4) is 6.07 Å². The van der Waals surface area contributed by atoms with Crippen LogP contribution >= 0.6 is 0 Å². The van der Waals surface area contributed by atoms with Crippen LogP contribution in [0.25, 0.3) is 0 Å². The molecule has 0 aliphatic carbocycles. The van der Waals surface area contributed by atoms with Crippen molar-refractivity contribution >= 4 is 10.0 Å². The fourth-order valence-corrected chi connectivity index (χ4v) is 1.67. The molecule has 0 heterocycles. The minimum Gasteiger partial charge on any atom is -0.224 e. The van der Waals surface area contributed by atoms with E-state index in [1.807, 2.05) is 0 Å². The molecule has 0 saturated carbocycles. The summed E-state index contributed by atoms with van der Waals surface area (Å²) in [4.78, 5) is -1.11. The Morgan fingerprint density at radius 3 is 2.36 bits per heavy atom. The first-order valence-corrected chi connectivity index (χ1v) is 4.83. The summed E-state index contributed by atoms with van der Waals surface area (Å²) in [5.41, 5.74) is -0.522. The zero-order valence-corrected chi connectivity index (χ0v) is 7.48. The summed E-state index contributed by atoms with van der Waals surface area (Å²) in [6, 6.07) is 2.91. The molecule has 0 unspecified atom stereocenters. The molecule has 0 aliphatic rings. The van der Waals surface area contributed by atoms with Gasteiger partial charge in [0.1, 0.15) is 11.0 Å². The van der Waals surface area contributed by atoms with E-state index in [2.05, 4.69) is 5.14 Å². The molecule has 74 valence electrons. The molecule has 0 aromatic heterocycles. The highest BCUT2D eigenvalue weighted by Gasteiger charge is 2.22. The topological polar surface area (TPSA) is 83.9 Å². The Labute approximate surface area is 78.6 Å². The Hall–Kier alpha value is -1.52. The van der Waals surface area contributed by atoms with Gasteiger partial charge in [-0.3, -0.25) is 0 Å². The van der Waals surface area contributed by atoms with Gasteiger partial charge >= 0.3 is 0 Å². The monoisotopic (exact) mass is 218 g/mol. The number of nitriles is 1. The lowest BCUT2D eigenvalue weighted by Gasteiger charge is -2.02. The van der Waals surface area contributed by atoms with Crippen molar-refractivity contribution in [2.24, 2.45) is 5.14 Å². The number of benzene rings is 1. The first-order valence-electron chi connectivity index (χ1n) is 3.29. The summed E-state index contributed by atoms with van der Waals surface area (Å²) < 4.78 is 47.2. The Morgan fingerprint density at radius 1 is 1.36 bits per heavy atom. The van der Waals surface area contributed by atoms with E-state index in [-0.39, 0.29) is 0 Å². The molecule has 1 rings (SSSR count). The number of rotatable bonds is 1. The molecular weight excluding hydrogens is 214 g/mol. The molecule has 0 bridgehead atoms. The average Bonchev–Trinajstić information content (AvgIpc) is 2.07. The Balaban J connectivity index is 3.72. The van der Waals surface area contributed by atoms with Gasteiger partial charge < -0.3 is 0 Å². The van der Waals surface area contributed by atoms with Gasteiger partial charge in [0.15, 0.2) is 11.6 Å². The van der Waals surface area contributed by atoms with E-state index in [0.717, 1.165) is 6.07 Å². The molecule has 0 amide bonds. The van der Waals surface area contributed by atoms with Crippen molar-refractivity contribution in [1.29, 1.82) is 5.26 Å². The number of nitrogens with two attached hydrogens (primary N) is 1. The molecule has 7 heteroatoms. The minimum absolute atomic E-state index is 0.522. The molecule has 0 aliphatic heterocycles. The largest absolute Gasteiger partial charge is 0.242 e. The maximum atomic E-state index is 13.0. The molecule has 2 N–H and O–H groups in total. The van der Waals surface area contributed by atoms with Gasteiger partial charge in [0, 0.05) is 0 Å². The summed E-state index contributed by atoms with van der Waals surface area (Å²) in [6.45, 7) is 0. The summed E-state index contributed by atoms with van der Waals surface area (Å²) in [7, 11) is -4.44. The Bertz CT molecular complexity index is 519. The zero-order chi connectivity index (χ0) is 10.9. The van der Waals surface area contributed by atoms with E-state index in [4.69, 9.17) is 5.26 Å². The maximum Gasteiger partial charge on any atom is 0.242 e. The molecule has 4 nitrogen and oxygen atoms in total. The molecule has 0 radical (unpaired) electrons. The van der Waals surface area contributed by atoms with E-state index in [9.17, 15) is 17.2 Å². The van der Waals surface area contributed by atoms with E-state index in [1.54, 1.807) is 0 Å². The Kier molecular flexibility index (Phi) is 2.51. The van der Waals surface area contributed by atoms with Gasteiger partial charge in [-0.2, -0.15) is 5.26 Å². The number of nitrogens with zero attached hydrogens (tertiary/aromatic N) is 1. The molecule has 1 aromatic carbocycles. The lowest BCUT2D eigenvalue weighted by molar-refractivity contribution is 0.484. The normalized spacial score (nSPS) is 11.0. The van der Waals surface area contributed by atoms with E-state index >= 15 is 0 Å². The van der Waals surface area contributed by atoms with Gasteiger partial charge in [0.25, 0.3) is 0 Å². The minimum atomic E-state index is -4.44. The van der Waals surface area contributed by atoms with Gasteiger partial charge in [-0.25, -0.2) is 22.3 Å². The van der Waals surface area contributed by atoms with Crippen LogP contribution in [-0.2, 0) is 10.0 Å². The summed E-state index contributed by atoms with van der Waals surface area (Å²) in [5.74, 6) is -3.00. The standard InChI is InChI=1S/C7H4F2N2O2S/c8-5-2-1-4(3-10)7(6(5)9)14(11,12)13/h1-2H,(H2,11,12,13). The number of hydrogen-bond donors (Lipinski definition) is 1. The van der Waals surface area contributed by atoms with Crippen LogP contribution < -0.4 is 5.14 Å². The van der Waals surface area contributed by atoms with Crippen molar-refractivity contribution in [2.75, 3.05) is 0 Å². The van der Waals surface area contributed by atoms with Crippen LogP contribution in [0.5, 0.6) is 0 Å². The lowest BCUT2D eigenvalue weighted by Crippen LogP contribution is -2.16. The van der Waals surface area contributed by atoms with Gasteiger partial charge in [0.2, 0.25) is 10.0 Å². The molecule has 14 heavy (non-hydrogen) atoms. The van der Waals surface area contributed by atoms with Gasteiger partial charge in [-0.15, -0.1) is 0 Å². The summed E-state index contributed by atoms with van der Waals surface area (Å²) >= 11 is 0. The predicted molar refractivity (Wildman–Crippen MR) is 42.4 cm³/mol. The molecule has 0 fully saturated rings. The number of halogens is 2. The number of hydrogen-bond acceptors (Lipinski definition) is 3. The van der Waals surface area contributed by atoms with Crippen LogP contribution in [0.2, 0.25) is 0 Å². The van der Waals surface area contributed by atoms with Crippen LogP contribution in [0, 0.1) is 23.0 Å². The SMILES string of the molecule is N#Cc1ccc(F)c(F)c1S(N)(=O)=O. The quantitative estimate of drug-likeness (QED) is 0.744. The fraction of sp³-hybridized carbons (Fsp3) is 0. The third kappa shape index (κ3) is 1.71. The average molecular weight is 218 g/mol. The fourth-order valence-electron chi connectivity index (χ4n) is 0.898. The van der Waals surface area contributed by atoms with E-state index in [1.165, 1.54) is 6.07 Å². The molecular formula is C7H4F2N2O2S. The van der Waals surface area contributed by atoms with Crippen LogP contribution in [0.4, 0.5) is 8.78 Å². The van der Waals surface area contributed by atoms with Crippen molar-refractivity contribution in [2.45, 2.75) is 4.90 Å². The smallest absolute Gasteiger partial charge is 0.224 e. The second kappa shape index (κ2) is 3.32. The van der Waals surface area contributed by atoms with Gasteiger partial charge in [0.05, 0.1) is 5.56 Å². The van der Waals surface area contributed by atoms with Crippen molar-refractivity contribution in [3.63, 3.8) is 0 Å². The first kappa shape index (κ1) is 10.6. The highest BCUT2D eigenvalue weighted by Crippen LogP contribution is 2.19. The predicted octanol–water partition coefficient (Wildman–Crippen LogP) is 0.484. The third-order valence-electron chi connectivity index (χ3n) is 1.45. The first-order chi connectivity index (χ1) is 6.38. The van der Waals surface area contributed by atoms with Crippen LogP contribution in [0.3, 0.4) is 0 Å². The van der Waals surface area contributed by atoms with Crippen molar-refractivity contribution < 1.29 is 17.2 Å². The second-order valence-corrected chi connectivity index (χ2v) is 3.89.